The van der Waals surface area contributed by atoms with Crippen molar-refractivity contribution in [3.63, 3.8) is 0 Å². The highest BCUT2D eigenvalue weighted by Crippen LogP contribution is 2.23. The summed E-state index contributed by atoms with van der Waals surface area (Å²) >= 11 is 6.00. The fourth-order valence-electron chi connectivity index (χ4n) is 1.36. The van der Waals surface area contributed by atoms with Gasteiger partial charge in [-0.2, -0.15) is 0 Å². The molecule has 0 radical (unpaired) electrons. The van der Waals surface area contributed by atoms with Crippen molar-refractivity contribution in [3.8, 4) is 0 Å². The summed E-state index contributed by atoms with van der Waals surface area (Å²) in [6.07, 6.45) is 0. The topological polar surface area (TPSA) is 54.7 Å². The molecule has 0 aliphatic heterocycles. The summed E-state index contributed by atoms with van der Waals surface area (Å²) in [6, 6.07) is 5.70. The van der Waals surface area contributed by atoms with Gasteiger partial charge >= 0.3 is 0 Å². The monoisotopic (exact) mass is 209 g/mol. The Morgan fingerprint density at radius 2 is 2.36 bits per heavy atom. The van der Waals surface area contributed by atoms with Crippen molar-refractivity contribution in [3.05, 3.63) is 29.0 Å². The van der Waals surface area contributed by atoms with E-state index in [0.717, 1.165) is 16.9 Å². The first-order valence-corrected chi connectivity index (χ1v) is 4.94. The predicted molar refractivity (Wildman–Crippen MR) is 58.6 cm³/mol. The second-order valence-corrected chi connectivity index (χ2v) is 3.80. The first-order valence-electron chi connectivity index (χ1n) is 4.56. The smallest absolute Gasteiger partial charge is 0.111 e. The number of aromatic nitrogens is 2. The van der Waals surface area contributed by atoms with Crippen LogP contribution in [0.2, 0.25) is 5.02 Å². The van der Waals surface area contributed by atoms with Crippen LogP contribution in [-0.2, 0) is 0 Å². The van der Waals surface area contributed by atoms with Crippen LogP contribution in [0.5, 0.6) is 0 Å². The summed E-state index contributed by atoms with van der Waals surface area (Å²) in [5.41, 5.74) is 7.36. The maximum Gasteiger partial charge on any atom is 0.111 e. The molecule has 0 unspecified atom stereocenters. The molecule has 74 valence electrons. The van der Waals surface area contributed by atoms with Crippen LogP contribution in [0.3, 0.4) is 0 Å². The molecule has 2 aromatic rings. The van der Waals surface area contributed by atoms with Gasteiger partial charge in [0.15, 0.2) is 0 Å². The van der Waals surface area contributed by atoms with E-state index in [0.29, 0.717) is 11.6 Å². The van der Waals surface area contributed by atoms with Crippen LogP contribution < -0.4 is 5.73 Å². The molecule has 0 fully saturated rings. The Labute approximate surface area is 87.3 Å². The van der Waals surface area contributed by atoms with E-state index in [-0.39, 0.29) is 5.92 Å². The Bertz CT molecular complexity index is 450. The zero-order chi connectivity index (χ0) is 10.1. The van der Waals surface area contributed by atoms with Crippen molar-refractivity contribution in [1.29, 1.82) is 0 Å². The van der Waals surface area contributed by atoms with Crippen molar-refractivity contribution in [2.75, 3.05) is 6.54 Å². The van der Waals surface area contributed by atoms with Crippen LogP contribution in [0.4, 0.5) is 0 Å². The van der Waals surface area contributed by atoms with E-state index in [2.05, 4.69) is 9.97 Å². The SMILES string of the molecule is C[C@H](CN)c1nc2c(Cl)cccc2[nH]1. The van der Waals surface area contributed by atoms with Gasteiger partial charge in [0, 0.05) is 12.5 Å². The minimum atomic E-state index is 0.235. The number of rotatable bonds is 2. The quantitative estimate of drug-likeness (QED) is 0.798. The zero-order valence-electron chi connectivity index (χ0n) is 7.92. The molecule has 0 amide bonds. The lowest BCUT2D eigenvalue weighted by atomic mass is 10.2. The first kappa shape index (κ1) is 9.49. The summed E-state index contributed by atoms with van der Waals surface area (Å²) < 4.78 is 0. The number of hydrogen-bond donors (Lipinski definition) is 2. The molecule has 0 aliphatic carbocycles. The second kappa shape index (κ2) is 3.59. The van der Waals surface area contributed by atoms with Crippen molar-refractivity contribution < 1.29 is 0 Å². The van der Waals surface area contributed by atoms with Crippen LogP contribution in [0.25, 0.3) is 11.0 Å². The number of benzene rings is 1. The fourth-order valence-corrected chi connectivity index (χ4v) is 1.58. The zero-order valence-corrected chi connectivity index (χ0v) is 8.67. The minimum Gasteiger partial charge on any atom is -0.342 e. The van der Waals surface area contributed by atoms with Gasteiger partial charge in [0.05, 0.1) is 10.5 Å². The van der Waals surface area contributed by atoms with Gasteiger partial charge in [-0.05, 0) is 12.1 Å². The summed E-state index contributed by atoms with van der Waals surface area (Å²) in [7, 11) is 0. The number of halogens is 1. The predicted octanol–water partition coefficient (Wildman–Crippen LogP) is 2.28. The molecule has 0 aliphatic rings. The molecular formula is C10H12ClN3. The van der Waals surface area contributed by atoms with Crippen molar-refractivity contribution in [2.24, 2.45) is 5.73 Å². The molecule has 0 saturated heterocycles. The Morgan fingerprint density at radius 3 is 3.00 bits per heavy atom. The number of para-hydroxylation sites is 1. The Kier molecular flexibility index (Phi) is 2.44. The van der Waals surface area contributed by atoms with Gasteiger partial charge in [0.2, 0.25) is 0 Å². The van der Waals surface area contributed by atoms with E-state index in [1.807, 2.05) is 25.1 Å². The summed E-state index contributed by atoms with van der Waals surface area (Å²) in [5, 5.41) is 0.675. The van der Waals surface area contributed by atoms with Crippen molar-refractivity contribution in [1.82, 2.24) is 9.97 Å². The summed E-state index contributed by atoms with van der Waals surface area (Å²) in [4.78, 5) is 7.63. The van der Waals surface area contributed by atoms with E-state index in [4.69, 9.17) is 17.3 Å². The average Bonchev–Trinajstić information content (AvgIpc) is 2.62. The van der Waals surface area contributed by atoms with E-state index < -0.39 is 0 Å². The van der Waals surface area contributed by atoms with Gasteiger partial charge in [-0.1, -0.05) is 24.6 Å². The largest absolute Gasteiger partial charge is 0.342 e. The molecule has 1 aromatic heterocycles. The molecule has 1 atom stereocenters. The third kappa shape index (κ3) is 1.49. The van der Waals surface area contributed by atoms with E-state index in [1.165, 1.54) is 0 Å². The highest BCUT2D eigenvalue weighted by Gasteiger charge is 2.10. The minimum absolute atomic E-state index is 0.235. The molecule has 4 heteroatoms. The Morgan fingerprint density at radius 1 is 1.57 bits per heavy atom. The highest BCUT2D eigenvalue weighted by molar-refractivity contribution is 6.34. The Balaban J connectivity index is 2.56. The van der Waals surface area contributed by atoms with Crippen LogP contribution in [0, 0.1) is 0 Å². The molecule has 3 N–H and O–H groups in total. The lowest BCUT2D eigenvalue weighted by Gasteiger charge is -2.01. The normalized spacial score (nSPS) is 13.4. The second-order valence-electron chi connectivity index (χ2n) is 3.39. The molecule has 0 spiro atoms. The molecular weight excluding hydrogens is 198 g/mol. The molecule has 3 nitrogen and oxygen atoms in total. The number of fused-ring (bicyclic) bond motifs is 1. The summed E-state index contributed by atoms with van der Waals surface area (Å²) in [5.74, 6) is 1.13. The molecule has 2 rings (SSSR count). The van der Waals surface area contributed by atoms with Gasteiger partial charge < -0.3 is 10.7 Å². The number of imidazole rings is 1. The van der Waals surface area contributed by atoms with Crippen LogP contribution in [-0.4, -0.2) is 16.5 Å². The van der Waals surface area contributed by atoms with Crippen molar-refractivity contribution >= 4 is 22.6 Å². The third-order valence-corrected chi connectivity index (χ3v) is 2.61. The van der Waals surface area contributed by atoms with Crippen LogP contribution >= 0.6 is 11.6 Å². The lowest BCUT2D eigenvalue weighted by molar-refractivity contribution is 0.728. The van der Waals surface area contributed by atoms with E-state index in [1.54, 1.807) is 0 Å². The fraction of sp³-hybridized carbons (Fsp3) is 0.300. The third-order valence-electron chi connectivity index (χ3n) is 2.30. The number of aromatic amines is 1. The van der Waals surface area contributed by atoms with Gasteiger partial charge in [-0.25, -0.2) is 4.98 Å². The van der Waals surface area contributed by atoms with Gasteiger partial charge in [0.25, 0.3) is 0 Å². The molecule has 1 heterocycles. The van der Waals surface area contributed by atoms with Crippen LogP contribution in [0.1, 0.15) is 18.7 Å². The molecule has 14 heavy (non-hydrogen) atoms. The standard InChI is InChI=1S/C10H12ClN3/c1-6(5-12)10-13-8-4-2-3-7(11)9(8)14-10/h2-4,6H,5,12H2,1H3,(H,13,14)/t6-/m1/s1. The molecule has 0 bridgehead atoms. The number of nitrogens with two attached hydrogens (primary N) is 1. The first-order chi connectivity index (χ1) is 6.72. The van der Waals surface area contributed by atoms with E-state index in [9.17, 15) is 0 Å². The van der Waals surface area contributed by atoms with E-state index >= 15 is 0 Å². The molecule has 1 aromatic carbocycles. The van der Waals surface area contributed by atoms with Gasteiger partial charge in [-0.3, -0.25) is 0 Å². The number of hydrogen-bond acceptors (Lipinski definition) is 2. The average molecular weight is 210 g/mol. The Hall–Kier alpha value is -1.06. The van der Waals surface area contributed by atoms with Crippen molar-refractivity contribution in [2.45, 2.75) is 12.8 Å². The maximum atomic E-state index is 6.00. The number of nitrogens with zero attached hydrogens (tertiary/aromatic N) is 1. The summed E-state index contributed by atoms with van der Waals surface area (Å²) in [6.45, 7) is 2.61. The van der Waals surface area contributed by atoms with Crippen LogP contribution in [0.15, 0.2) is 18.2 Å². The number of H-pyrrole nitrogens is 1. The number of nitrogens with one attached hydrogen (secondary N) is 1. The maximum absolute atomic E-state index is 6.00. The highest BCUT2D eigenvalue weighted by atomic mass is 35.5. The van der Waals surface area contributed by atoms with Gasteiger partial charge in [-0.15, -0.1) is 0 Å². The lowest BCUT2D eigenvalue weighted by Crippen LogP contribution is -2.10. The van der Waals surface area contributed by atoms with Gasteiger partial charge in [0.1, 0.15) is 11.3 Å². The molecule has 0 saturated carbocycles.